The third-order valence-electron chi connectivity index (χ3n) is 4.33. The molecule has 3 aromatic carbocycles. The van der Waals surface area contributed by atoms with Crippen LogP contribution in [0.4, 0.5) is 5.69 Å². The molecule has 0 heterocycles. The summed E-state index contributed by atoms with van der Waals surface area (Å²) in [6, 6.07) is 17.0. The SMILES string of the molecule is CCOc1ccc(NS(=O)(=O)c2cc(C(=O)NCc3ccccc3O)ccc2Cl)cc1. The summed E-state index contributed by atoms with van der Waals surface area (Å²) in [5, 5.41) is 12.4. The van der Waals surface area contributed by atoms with Crippen LogP contribution in [0.15, 0.2) is 71.6 Å². The van der Waals surface area contributed by atoms with Crippen LogP contribution in [0.25, 0.3) is 0 Å². The van der Waals surface area contributed by atoms with Crippen LogP contribution >= 0.6 is 11.6 Å². The molecule has 7 nitrogen and oxygen atoms in total. The average molecular weight is 461 g/mol. The smallest absolute Gasteiger partial charge is 0.263 e. The van der Waals surface area contributed by atoms with Gasteiger partial charge in [0.1, 0.15) is 16.4 Å². The molecule has 0 aliphatic rings. The zero-order valence-corrected chi connectivity index (χ0v) is 18.2. The highest BCUT2D eigenvalue weighted by molar-refractivity contribution is 7.92. The molecule has 0 atom stereocenters. The predicted molar refractivity (Wildman–Crippen MR) is 119 cm³/mol. The number of ether oxygens (including phenoxy) is 1. The topological polar surface area (TPSA) is 105 Å². The number of hydrogen-bond donors (Lipinski definition) is 3. The number of carbonyl (C=O) groups is 1. The molecule has 3 aromatic rings. The first-order valence-corrected chi connectivity index (χ1v) is 11.3. The minimum Gasteiger partial charge on any atom is -0.508 e. The molecule has 0 spiro atoms. The quantitative estimate of drug-likeness (QED) is 0.468. The largest absolute Gasteiger partial charge is 0.508 e. The van der Waals surface area contributed by atoms with Crippen molar-refractivity contribution < 1.29 is 23.1 Å². The van der Waals surface area contributed by atoms with Crippen LogP contribution in [0.2, 0.25) is 5.02 Å². The van der Waals surface area contributed by atoms with Gasteiger partial charge in [-0.3, -0.25) is 9.52 Å². The number of amides is 1. The molecule has 0 aliphatic carbocycles. The summed E-state index contributed by atoms with van der Waals surface area (Å²) in [7, 11) is -4.04. The highest BCUT2D eigenvalue weighted by atomic mass is 35.5. The first-order chi connectivity index (χ1) is 14.8. The molecular formula is C22H21ClN2O5S. The lowest BCUT2D eigenvalue weighted by molar-refractivity contribution is 0.0950. The molecule has 0 bridgehead atoms. The van der Waals surface area contributed by atoms with Gasteiger partial charge in [0.15, 0.2) is 0 Å². The normalized spacial score (nSPS) is 11.0. The fraction of sp³-hybridized carbons (Fsp3) is 0.136. The van der Waals surface area contributed by atoms with E-state index in [0.29, 0.717) is 23.6 Å². The molecule has 0 fully saturated rings. The van der Waals surface area contributed by atoms with E-state index in [1.54, 1.807) is 42.5 Å². The maximum atomic E-state index is 12.8. The number of hydrogen-bond acceptors (Lipinski definition) is 5. The van der Waals surface area contributed by atoms with Gasteiger partial charge in [0.25, 0.3) is 15.9 Å². The minimum atomic E-state index is -4.04. The maximum Gasteiger partial charge on any atom is 0.263 e. The Kier molecular flexibility index (Phi) is 7.04. The number of nitrogens with one attached hydrogen (secondary N) is 2. The lowest BCUT2D eigenvalue weighted by Gasteiger charge is -2.12. The molecule has 0 aromatic heterocycles. The average Bonchev–Trinajstić information content (AvgIpc) is 2.74. The van der Waals surface area contributed by atoms with Gasteiger partial charge in [-0.1, -0.05) is 29.8 Å². The number of para-hydroxylation sites is 1. The van der Waals surface area contributed by atoms with Gasteiger partial charge in [0.05, 0.1) is 11.6 Å². The van der Waals surface area contributed by atoms with E-state index < -0.39 is 15.9 Å². The fourth-order valence-electron chi connectivity index (χ4n) is 2.78. The Morgan fingerprint density at radius 1 is 1.06 bits per heavy atom. The van der Waals surface area contributed by atoms with Crippen molar-refractivity contribution in [1.29, 1.82) is 0 Å². The van der Waals surface area contributed by atoms with E-state index in [9.17, 15) is 18.3 Å². The van der Waals surface area contributed by atoms with E-state index >= 15 is 0 Å². The molecule has 31 heavy (non-hydrogen) atoms. The van der Waals surface area contributed by atoms with Gasteiger partial charge in [-0.15, -0.1) is 0 Å². The third-order valence-corrected chi connectivity index (χ3v) is 6.19. The van der Waals surface area contributed by atoms with Gasteiger partial charge in [-0.2, -0.15) is 0 Å². The van der Waals surface area contributed by atoms with Crippen molar-refractivity contribution in [2.24, 2.45) is 0 Å². The number of rotatable bonds is 8. The number of sulfonamides is 1. The van der Waals surface area contributed by atoms with E-state index in [0.717, 1.165) is 0 Å². The molecule has 0 unspecified atom stereocenters. The molecule has 0 radical (unpaired) electrons. The zero-order chi connectivity index (χ0) is 22.4. The fourth-order valence-corrected chi connectivity index (χ4v) is 4.37. The molecule has 9 heteroatoms. The van der Waals surface area contributed by atoms with Crippen LogP contribution in [0, 0.1) is 0 Å². The molecule has 1 amide bonds. The van der Waals surface area contributed by atoms with Gasteiger partial charge in [-0.05, 0) is 55.5 Å². The highest BCUT2D eigenvalue weighted by Crippen LogP contribution is 2.26. The summed E-state index contributed by atoms with van der Waals surface area (Å²) in [4.78, 5) is 12.3. The van der Waals surface area contributed by atoms with E-state index in [1.807, 2.05) is 6.92 Å². The van der Waals surface area contributed by atoms with Gasteiger partial charge >= 0.3 is 0 Å². The number of phenols is 1. The maximum absolute atomic E-state index is 12.8. The van der Waals surface area contributed by atoms with Crippen molar-refractivity contribution in [1.82, 2.24) is 5.32 Å². The van der Waals surface area contributed by atoms with Crippen LogP contribution < -0.4 is 14.8 Å². The van der Waals surface area contributed by atoms with Crippen molar-refractivity contribution in [2.75, 3.05) is 11.3 Å². The summed E-state index contributed by atoms with van der Waals surface area (Å²) in [6.45, 7) is 2.43. The van der Waals surface area contributed by atoms with Gasteiger partial charge in [0.2, 0.25) is 0 Å². The van der Waals surface area contributed by atoms with E-state index in [1.165, 1.54) is 24.3 Å². The second-order valence-electron chi connectivity index (χ2n) is 6.52. The number of anilines is 1. The molecule has 0 aliphatic heterocycles. The van der Waals surface area contributed by atoms with Crippen molar-refractivity contribution in [2.45, 2.75) is 18.4 Å². The first kappa shape index (κ1) is 22.5. The molecule has 3 N–H and O–H groups in total. The Morgan fingerprint density at radius 3 is 2.45 bits per heavy atom. The summed E-state index contributed by atoms with van der Waals surface area (Å²) in [5.74, 6) is 0.172. The van der Waals surface area contributed by atoms with Gasteiger partial charge < -0.3 is 15.2 Å². The predicted octanol–water partition coefficient (Wildman–Crippen LogP) is 4.18. The first-order valence-electron chi connectivity index (χ1n) is 9.40. The monoisotopic (exact) mass is 460 g/mol. The lowest BCUT2D eigenvalue weighted by atomic mass is 10.2. The Balaban J connectivity index is 1.77. The molecular weight excluding hydrogens is 440 g/mol. The summed E-state index contributed by atoms with van der Waals surface area (Å²) in [6.07, 6.45) is 0. The number of halogens is 1. The standard InChI is InChI=1S/C22H21ClN2O5S/c1-2-30-18-10-8-17(9-11-18)25-31(28,29)21-13-15(7-12-19(21)23)22(27)24-14-16-5-3-4-6-20(16)26/h3-13,25-26H,2,14H2,1H3,(H,24,27). The number of aromatic hydroxyl groups is 1. The van der Waals surface area contributed by atoms with E-state index in [4.69, 9.17) is 16.3 Å². The summed E-state index contributed by atoms with van der Waals surface area (Å²) < 4.78 is 33.5. The second-order valence-corrected chi connectivity index (χ2v) is 8.58. The number of benzene rings is 3. The zero-order valence-electron chi connectivity index (χ0n) is 16.6. The number of phenolic OH excluding ortho intramolecular Hbond substituents is 1. The molecule has 0 saturated heterocycles. The minimum absolute atomic E-state index is 0.0179. The van der Waals surface area contributed by atoms with E-state index in [2.05, 4.69) is 10.0 Å². The Hall–Kier alpha value is -3.23. The highest BCUT2D eigenvalue weighted by Gasteiger charge is 2.20. The third kappa shape index (κ3) is 5.68. The number of carbonyl (C=O) groups excluding carboxylic acids is 1. The Morgan fingerprint density at radius 2 is 1.77 bits per heavy atom. The Labute approximate surface area is 185 Å². The van der Waals surface area contributed by atoms with Crippen LogP contribution in [-0.4, -0.2) is 26.0 Å². The van der Waals surface area contributed by atoms with Crippen LogP contribution in [0.1, 0.15) is 22.8 Å². The molecule has 0 saturated carbocycles. The lowest BCUT2D eigenvalue weighted by Crippen LogP contribution is -2.23. The Bertz CT molecular complexity index is 1180. The van der Waals surface area contributed by atoms with E-state index in [-0.39, 0.29) is 27.8 Å². The van der Waals surface area contributed by atoms with Crippen LogP contribution in [-0.2, 0) is 16.6 Å². The van der Waals surface area contributed by atoms with Crippen molar-refractivity contribution in [3.63, 3.8) is 0 Å². The van der Waals surface area contributed by atoms with Crippen molar-refractivity contribution >= 4 is 33.2 Å². The van der Waals surface area contributed by atoms with Gasteiger partial charge in [-0.25, -0.2) is 8.42 Å². The summed E-state index contributed by atoms with van der Waals surface area (Å²) in [5.41, 5.74) is 0.982. The van der Waals surface area contributed by atoms with Gasteiger partial charge in [0, 0.05) is 23.4 Å². The molecule has 3 rings (SSSR count). The summed E-state index contributed by atoms with van der Waals surface area (Å²) >= 11 is 6.11. The molecule has 162 valence electrons. The second kappa shape index (κ2) is 9.72. The van der Waals surface area contributed by atoms with Crippen molar-refractivity contribution in [3.05, 3.63) is 82.9 Å². The van der Waals surface area contributed by atoms with Crippen LogP contribution in [0.5, 0.6) is 11.5 Å². The van der Waals surface area contributed by atoms with Crippen LogP contribution in [0.3, 0.4) is 0 Å². The van der Waals surface area contributed by atoms with Crippen molar-refractivity contribution in [3.8, 4) is 11.5 Å².